The second kappa shape index (κ2) is 10.2. The van der Waals surface area contributed by atoms with Gasteiger partial charge in [0.15, 0.2) is 0 Å². The van der Waals surface area contributed by atoms with Crippen molar-refractivity contribution in [3.8, 4) is 22.8 Å². The van der Waals surface area contributed by atoms with E-state index in [1.54, 1.807) is 13.3 Å². The molecule has 0 saturated carbocycles. The highest BCUT2D eigenvalue weighted by Gasteiger charge is 2.33. The van der Waals surface area contributed by atoms with Gasteiger partial charge in [0.25, 0.3) is 5.91 Å². The minimum atomic E-state index is 0.0291. The van der Waals surface area contributed by atoms with Crippen LogP contribution in [-0.2, 0) is 11.2 Å². The number of nitrogens with zero attached hydrogens (tertiary/aromatic N) is 4. The molecule has 192 valence electrons. The molecule has 6 rings (SSSR count). The zero-order valence-electron chi connectivity index (χ0n) is 21.4. The van der Waals surface area contributed by atoms with E-state index < -0.39 is 0 Å². The number of likely N-dealkylation sites (tertiary alicyclic amines) is 1. The summed E-state index contributed by atoms with van der Waals surface area (Å²) in [6, 6.07) is 23.8. The Labute approximate surface area is 222 Å². The molecule has 0 bridgehead atoms. The van der Waals surface area contributed by atoms with Crippen molar-refractivity contribution in [3.63, 3.8) is 0 Å². The topological polar surface area (TPSA) is 67.7 Å². The van der Waals surface area contributed by atoms with Crippen LogP contribution in [0.1, 0.15) is 35.2 Å². The molecule has 0 N–H and O–H groups in total. The Morgan fingerprint density at radius 1 is 0.921 bits per heavy atom. The van der Waals surface area contributed by atoms with Crippen LogP contribution in [0.5, 0.6) is 5.75 Å². The summed E-state index contributed by atoms with van der Waals surface area (Å²) in [5, 5.41) is 0. The number of rotatable bonds is 5. The zero-order chi connectivity index (χ0) is 26.1. The average Bonchev–Trinajstić information content (AvgIpc) is 3.47. The third-order valence-corrected chi connectivity index (χ3v) is 7.63. The molecule has 4 aromatic rings. The molecular weight excluding hydrogens is 476 g/mol. The molecule has 1 aromatic heterocycles. The lowest BCUT2D eigenvalue weighted by Gasteiger charge is -2.41. The van der Waals surface area contributed by atoms with Crippen molar-refractivity contribution in [2.45, 2.75) is 31.7 Å². The molecule has 7 nitrogen and oxygen atoms in total. The van der Waals surface area contributed by atoms with Crippen LogP contribution in [0.4, 0.5) is 5.69 Å². The van der Waals surface area contributed by atoms with Crippen molar-refractivity contribution in [2.24, 2.45) is 0 Å². The van der Waals surface area contributed by atoms with Gasteiger partial charge in [0.2, 0.25) is 5.91 Å². The molecule has 38 heavy (non-hydrogen) atoms. The quantitative estimate of drug-likeness (QED) is 0.376. The molecule has 0 atom stereocenters. The first-order valence-corrected chi connectivity index (χ1v) is 13.1. The molecule has 0 unspecified atom stereocenters. The molecule has 2 aliphatic rings. The van der Waals surface area contributed by atoms with Gasteiger partial charge in [0, 0.05) is 60.4 Å². The number of para-hydroxylation sites is 1. The fourth-order valence-corrected chi connectivity index (χ4v) is 5.59. The SMILES string of the molecule is COc1ccc(-c2nccn2-c2ccc(C(=O)N3CCC(N4C(=O)CCc5ccccc54)CC3)cc2)cc1. The highest BCUT2D eigenvalue weighted by Crippen LogP contribution is 2.32. The Balaban J connectivity index is 1.13. The van der Waals surface area contributed by atoms with Gasteiger partial charge in [-0.1, -0.05) is 18.2 Å². The van der Waals surface area contributed by atoms with Gasteiger partial charge in [-0.05, 0) is 79.4 Å². The monoisotopic (exact) mass is 506 g/mol. The number of benzene rings is 3. The van der Waals surface area contributed by atoms with Gasteiger partial charge in [0.1, 0.15) is 11.6 Å². The Kier molecular flexibility index (Phi) is 6.42. The maximum Gasteiger partial charge on any atom is 0.253 e. The molecule has 7 heteroatoms. The predicted molar refractivity (Wildman–Crippen MR) is 147 cm³/mol. The smallest absolute Gasteiger partial charge is 0.253 e. The largest absolute Gasteiger partial charge is 0.497 e. The van der Waals surface area contributed by atoms with Crippen LogP contribution in [0.25, 0.3) is 17.1 Å². The van der Waals surface area contributed by atoms with E-state index in [0.29, 0.717) is 25.1 Å². The van der Waals surface area contributed by atoms with Gasteiger partial charge in [-0.3, -0.25) is 14.2 Å². The number of methoxy groups -OCH3 is 1. The lowest BCUT2D eigenvalue weighted by molar-refractivity contribution is -0.119. The molecule has 2 amide bonds. The number of aromatic nitrogens is 2. The van der Waals surface area contributed by atoms with E-state index in [2.05, 4.69) is 11.1 Å². The molecule has 1 fully saturated rings. The van der Waals surface area contributed by atoms with Gasteiger partial charge in [-0.2, -0.15) is 0 Å². The van der Waals surface area contributed by atoms with Crippen molar-refractivity contribution in [1.29, 1.82) is 0 Å². The van der Waals surface area contributed by atoms with E-state index in [9.17, 15) is 9.59 Å². The molecule has 3 heterocycles. The minimum Gasteiger partial charge on any atom is -0.497 e. The molecule has 0 aliphatic carbocycles. The molecule has 0 radical (unpaired) electrons. The van der Waals surface area contributed by atoms with Crippen molar-refractivity contribution < 1.29 is 14.3 Å². The predicted octanol–water partition coefficient (Wildman–Crippen LogP) is 5.13. The lowest BCUT2D eigenvalue weighted by atomic mass is 9.95. The van der Waals surface area contributed by atoms with E-state index >= 15 is 0 Å². The van der Waals surface area contributed by atoms with Crippen LogP contribution in [0, 0.1) is 0 Å². The second-order valence-electron chi connectivity index (χ2n) is 9.81. The third-order valence-electron chi connectivity index (χ3n) is 7.63. The van der Waals surface area contributed by atoms with E-state index in [4.69, 9.17) is 4.74 Å². The van der Waals surface area contributed by atoms with Crippen molar-refractivity contribution in [1.82, 2.24) is 14.5 Å². The van der Waals surface area contributed by atoms with Gasteiger partial charge in [-0.15, -0.1) is 0 Å². The number of amides is 2. The van der Waals surface area contributed by atoms with E-state index in [-0.39, 0.29) is 17.9 Å². The van der Waals surface area contributed by atoms with E-state index in [1.807, 2.05) is 87.3 Å². The van der Waals surface area contributed by atoms with Crippen LogP contribution in [0.2, 0.25) is 0 Å². The summed E-state index contributed by atoms with van der Waals surface area (Å²) in [4.78, 5) is 34.5. The van der Waals surface area contributed by atoms with Crippen molar-refractivity contribution in [2.75, 3.05) is 25.1 Å². The average molecular weight is 507 g/mol. The summed E-state index contributed by atoms with van der Waals surface area (Å²) >= 11 is 0. The number of carbonyl (C=O) groups excluding carboxylic acids is 2. The Bertz CT molecular complexity index is 1450. The van der Waals surface area contributed by atoms with Crippen LogP contribution in [0.3, 0.4) is 0 Å². The molecular formula is C31H30N4O3. The Hall–Kier alpha value is -4.39. The Morgan fingerprint density at radius 3 is 2.39 bits per heavy atom. The fourth-order valence-electron chi connectivity index (χ4n) is 5.59. The summed E-state index contributed by atoms with van der Waals surface area (Å²) in [6.45, 7) is 1.28. The first kappa shape index (κ1) is 24.0. The van der Waals surface area contributed by atoms with Gasteiger partial charge in [-0.25, -0.2) is 4.98 Å². The van der Waals surface area contributed by atoms with E-state index in [0.717, 1.165) is 47.8 Å². The number of hydrogen-bond donors (Lipinski definition) is 0. The number of ether oxygens (including phenoxy) is 1. The third kappa shape index (κ3) is 4.45. The minimum absolute atomic E-state index is 0.0291. The molecule has 0 spiro atoms. The molecule has 3 aromatic carbocycles. The number of piperidine rings is 1. The first-order valence-electron chi connectivity index (χ1n) is 13.1. The first-order chi connectivity index (χ1) is 18.6. The maximum atomic E-state index is 13.3. The zero-order valence-corrected chi connectivity index (χ0v) is 21.4. The highest BCUT2D eigenvalue weighted by molar-refractivity contribution is 5.97. The van der Waals surface area contributed by atoms with Crippen LogP contribution < -0.4 is 9.64 Å². The summed E-state index contributed by atoms with van der Waals surface area (Å²) in [7, 11) is 1.65. The van der Waals surface area contributed by atoms with E-state index in [1.165, 1.54) is 5.56 Å². The van der Waals surface area contributed by atoms with Gasteiger partial charge < -0.3 is 14.5 Å². The number of anilines is 1. The molecule has 2 aliphatic heterocycles. The number of fused-ring (bicyclic) bond motifs is 1. The summed E-state index contributed by atoms with van der Waals surface area (Å²) < 4.78 is 7.27. The molecule has 1 saturated heterocycles. The Morgan fingerprint density at radius 2 is 1.66 bits per heavy atom. The summed E-state index contributed by atoms with van der Waals surface area (Å²) in [5.74, 6) is 1.84. The number of hydrogen-bond acceptors (Lipinski definition) is 4. The number of carbonyl (C=O) groups is 2. The number of aryl methyl sites for hydroxylation is 1. The van der Waals surface area contributed by atoms with Crippen molar-refractivity contribution >= 4 is 17.5 Å². The van der Waals surface area contributed by atoms with Crippen LogP contribution >= 0.6 is 0 Å². The maximum absolute atomic E-state index is 13.3. The summed E-state index contributed by atoms with van der Waals surface area (Å²) in [5.41, 5.74) is 4.86. The fraction of sp³-hybridized carbons (Fsp3) is 0.258. The number of imidazole rings is 1. The highest BCUT2D eigenvalue weighted by atomic mass is 16.5. The lowest BCUT2D eigenvalue weighted by Crippen LogP contribution is -2.50. The normalized spacial score (nSPS) is 15.9. The van der Waals surface area contributed by atoms with Crippen LogP contribution in [-0.4, -0.2) is 52.5 Å². The summed E-state index contributed by atoms with van der Waals surface area (Å²) in [6.07, 6.45) is 6.61. The standard InChI is InChI=1S/C31H30N4O3/c1-38-27-13-8-23(9-14-27)30-32-18-21-34(30)25-11-6-24(7-12-25)31(37)33-19-16-26(17-20-33)35-28-5-3-2-4-22(28)10-15-29(35)36/h2-9,11-14,18,21,26H,10,15-17,19-20H2,1H3. The van der Waals surface area contributed by atoms with Crippen LogP contribution in [0.15, 0.2) is 85.2 Å². The van der Waals surface area contributed by atoms with Crippen molar-refractivity contribution in [3.05, 3.63) is 96.3 Å². The van der Waals surface area contributed by atoms with Gasteiger partial charge in [0.05, 0.1) is 7.11 Å². The second-order valence-corrected chi connectivity index (χ2v) is 9.81. The van der Waals surface area contributed by atoms with Gasteiger partial charge >= 0.3 is 0 Å².